The van der Waals surface area contributed by atoms with Gasteiger partial charge in [-0.15, -0.1) is 0 Å². The monoisotopic (exact) mass is 263 g/mol. The molecule has 0 aliphatic heterocycles. The first kappa shape index (κ1) is 15.5. The third-order valence-corrected chi connectivity index (χ3v) is 3.45. The second-order valence-electron chi connectivity index (χ2n) is 4.88. The van der Waals surface area contributed by atoms with Gasteiger partial charge >= 0.3 is 0 Å². The molecule has 0 saturated carbocycles. The van der Waals surface area contributed by atoms with Crippen LogP contribution in [0.1, 0.15) is 44.2 Å². The van der Waals surface area contributed by atoms with Crippen molar-refractivity contribution in [2.45, 2.75) is 52.5 Å². The number of rotatable bonds is 7. The predicted molar refractivity (Wildman–Crippen MR) is 78.6 cm³/mol. The van der Waals surface area contributed by atoms with E-state index in [1.165, 1.54) is 5.56 Å². The second-order valence-corrected chi connectivity index (χ2v) is 4.88. The molecule has 3 heteroatoms. The van der Waals surface area contributed by atoms with Gasteiger partial charge in [-0.05, 0) is 43.4 Å². The third kappa shape index (κ3) is 4.93. The van der Waals surface area contributed by atoms with E-state index in [1.54, 1.807) is 7.11 Å². The molecule has 1 aromatic carbocycles. The van der Waals surface area contributed by atoms with Crippen molar-refractivity contribution in [3.8, 4) is 5.75 Å². The molecule has 0 saturated heterocycles. The molecule has 0 atom stereocenters. The minimum Gasteiger partial charge on any atom is -0.496 e. The molecule has 19 heavy (non-hydrogen) atoms. The van der Waals surface area contributed by atoms with Crippen molar-refractivity contribution in [2.24, 2.45) is 0 Å². The van der Waals surface area contributed by atoms with Crippen LogP contribution in [0.25, 0.3) is 0 Å². The van der Waals surface area contributed by atoms with Gasteiger partial charge in [-0.3, -0.25) is 4.79 Å². The molecule has 1 aromatic rings. The zero-order chi connectivity index (χ0) is 14.3. The highest BCUT2D eigenvalue weighted by Gasteiger charge is 2.08. The summed E-state index contributed by atoms with van der Waals surface area (Å²) in [5.74, 6) is 1.03. The molecular weight excluding hydrogens is 238 g/mol. The molecule has 0 aliphatic rings. The number of hydrogen-bond acceptors (Lipinski definition) is 2. The van der Waals surface area contributed by atoms with Gasteiger partial charge in [0.15, 0.2) is 0 Å². The highest BCUT2D eigenvalue weighted by atomic mass is 16.5. The maximum absolute atomic E-state index is 11.8. The molecule has 0 aromatic heterocycles. The van der Waals surface area contributed by atoms with E-state index in [9.17, 15) is 4.79 Å². The van der Waals surface area contributed by atoms with Gasteiger partial charge in [0.1, 0.15) is 5.75 Å². The first-order valence-corrected chi connectivity index (χ1v) is 7.03. The van der Waals surface area contributed by atoms with Crippen molar-refractivity contribution >= 4 is 5.91 Å². The highest BCUT2D eigenvalue weighted by Crippen LogP contribution is 2.19. The second kappa shape index (κ2) is 7.82. The first-order valence-electron chi connectivity index (χ1n) is 7.03. The summed E-state index contributed by atoms with van der Waals surface area (Å²) in [5.41, 5.74) is 2.29. The lowest BCUT2D eigenvalue weighted by Crippen LogP contribution is -2.33. The molecular formula is C16H25NO2. The minimum atomic E-state index is 0.141. The zero-order valence-corrected chi connectivity index (χ0v) is 12.5. The molecule has 0 aliphatic carbocycles. The smallest absolute Gasteiger partial charge is 0.220 e. The quantitative estimate of drug-likeness (QED) is 0.820. The molecule has 0 spiro atoms. The SMILES string of the molecule is CCC(CC)NC(=O)CCc1ccc(OC)c(C)c1. The minimum absolute atomic E-state index is 0.141. The molecule has 0 unspecified atom stereocenters. The van der Waals surface area contributed by atoms with E-state index in [-0.39, 0.29) is 5.91 Å². The number of carbonyl (C=O) groups is 1. The lowest BCUT2D eigenvalue weighted by molar-refractivity contribution is -0.121. The maximum Gasteiger partial charge on any atom is 0.220 e. The third-order valence-electron chi connectivity index (χ3n) is 3.45. The molecule has 0 bridgehead atoms. The van der Waals surface area contributed by atoms with Crippen LogP contribution < -0.4 is 10.1 Å². The van der Waals surface area contributed by atoms with Gasteiger partial charge in [-0.25, -0.2) is 0 Å². The molecule has 1 rings (SSSR count). The number of ether oxygens (including phenoxy) is 1. The number of amides is 1. The van der Waals surface area contributed by atoms with Crippen LogP contribution in [0.15, 0.2) is 18.2 Å². The van der Waals surface area contributed by atoms with Crippen LogP contribution in [-0.4, -0.2) is 19.1 Å². The van der Waals surface area contributed by atoms with Crippen molar-refractivity contribution in [3.63, 3.8) is 0 Å². The summed E-state index contributed by atoms with van der Waals surface area (Å²) in [5, 5.41) is 3.06. The summed E-state index contributed by atoms with van der Waals surface area (Å²) in [7, 11) is 1.67. The van der Waals surface area contributed by atoms with Crippen molar-refractivity contribution < 1.29 is 9.53 Å². The average Bonchev–Trinajstić information content (AvgIpc) is 2.42. The number of benzene rings is 1. The van der Waals surface area contributed by atoms with Gasteiger partial charge in [0, 0.05) is 12.5 Å². The molecule has 3 nitrogen and oxygen atoms in total. The Bertz CT molecular complexity index is 411. The van der Waals surface area contributed by atoms with Crippen LogP contribution in [-0.2, 0) is 11.2 Å². The Morgan fingerprint density at radius 2 is 2.00 bits per heavy atom. The largest absolute Gasteiger partial charge is 0.496 e. The Balaban J connectivity index is 2.48. The van der Waals surface area contributed by atoms with Crippen molar-refractivity contribution in [1.29, 1.82) is 0 Å². The van der Waals surface area contributed by atoms with E-state index < -0.39 is 0 Å². The van der Waals surface area contributed by atoms with Gasteiger partial charge in [-0.1, -0.05) is 26.0 Å². The van der Waals surface area contributed by atoms with Crippen LogP contribution in [0.4, 0.5) is 0 Å². The van der Waals surface area contributed by atoms with Crippen LogP contribution >= 0.6 is 0 Å². The summed E-state index contributed by atoms with van der Waals surface area (Å²) < 4.78 is 5.23. The summed E-state index contributed by atoms with van der Waals surface area (Å²) in [4.78, 5) is 11.8. The van der Waals surface area contributed by atoms with Crippen molar-refractivity contribution in [2.75, 3.05) is 7.11 Å². The predicted octanol–water partition coefficient (Wildman–Crippen LogP) is 3.24. The Labute approximate surface area is 116 Å². The Kier molecular flexibility index (Phi) is 6.40. The molecule has 0 fully saturated rings. The fourth-order valence-corrected chi connectivity index (χ4v) is 2.15. The number of nitrogens with one attached hydrogen (secondary N) is 1. The Morgan fingerprint density at radius 3 is 2.53 bits per heavy atom. The average molecular weight is 263 g/mol. The van der Waals surface area contributed by atoms with Crippen LogP contribution in [0.3, 0.4) is 0 Å². The zero-order valence-electron chi connectivity index (χ0n) is 12.5. The molecule has 1 N–H and O–H groups in total. The van der Waals surface area contributed by atoms with E-state index in [0.29, 0.717) is 12.5 Å². The number of methoxy groups -OCH3 is 1. The van der Waals surface area contributed by atoms with Gasteiger partial charge in [0.05, 0.1) is 7.11 Å². The van der Waals surface area contributed by atoms with Gasteiger partial charge in [0.25, 0.3) is 0 Å². The topological polar surface area (TPSA) is 38.3 Å². The fraction of sp³-hybridized carbons (Fsp3) is 0.562. The molecule has 0 heterocycles. The van der Waals surface area contributed by atoms with Crippen LogP contribution in [0.2, 0.25) is 0 Å². The van der Waals surface area contributed by atoms with E-state index in [1.807, 2.05) is 19.1 Å². The number of hydrogen-bond donors (Lipinski definition) is 1. The van der Waals surface area contributed by atoms with Crippen molar-refractivity contribution in [1.82, 2.24) is 5.32 Å². The van der Waals surface area contributed by atoms with Crippen molar-refractivity contribution in [3.05, 3.63) is 29.3 Å². The maximum atomic E-state index is 11.8. The van der Waals surface area contributed by atoms with E-state index in [0.717, 1.165) is 30.6 Å². The van der Waals surface area contributed by atoms with Crippen LogP contribution in [0.5, 0.6) is 5.75 Å². The van der Waals surface area contributed by atoms with Crippen LogP contribution in [0, 0.1) is 6.92 Å². The first-order chi connectivity index (χ1) is 9.10. The van der Waals surface area contributed by atoms with E-state index >= 15 is 0 Å². The molecule has 0 radical (unpaired) electrons. The van der Waals surface area contributed by atoms with Gasteiger partial charge in [-0.2, -0.15) is 0 Å². The Hall–Kier alpha value is -1.51. The summed E-state index contributed by atoms with van der Waals surface area (Å²) in [6, 6.07) is 6.38. The lowest BCUT2D eigenvalue weighted by Gasteiger charge is -2.14. The highest BCUT2D eigenvalue weighted by molar-refractivity contribution is 5.76. The number of aryl methyl sites for hydroxylation is 2. The summed E-state index contributed by atoms with van der Waals surface area (Å²) in [6.45, 7) is 6.22. The standard InChI is InChI=1S/C16H25NO2/c1-5-14(6-2)17-16(18)10-8-13-7-9-15(19-4)12(3)11-13/h7,9,11,14H,5-6,8,10H2,1-4H3,(H,17,18). The van der Waals surface area contributed by atoms with E-state index in [2.05, 4.69) is 25.2 Å². The van der Waals surface area contributed by atoms with E-state index in [4.69, 9.17) is 4.74 Å². The summed E-state index contributed by atoms with van der Waals surface area (Å²) >= 11 is 0. The molecule has 1 amide bonds. The number of carbonyl (C=O) groups excluding carboxylic acids is 1. The Morgan fingerprint density at radius 1 is 1.32 bits per heavy atom. The van der Waals surface area contributed by atoms with Gasteiger partial charge in [0.2, 0.25) is 5.91 Å². The molecule has 106 valence electrons. The summed E-state index contributed by atoms with van der Waals surface area (Å²) in [6.07, 6.45) is 3.30. The lowest BCUT2D eigenvalue weighted by atomic mass is 10.1. The fourth-order valence-electron chi connectivity index (χ4n) is 2.15. The normalized spacial score (nSPS) is 10.6. The van der Waals surface area contributed by atoms with Gasteiger partial charge < -0.3 is 10.1 Å².